The van der Waals surface area contributed by atoms with Crippen molar-refractivity contribution in [1.82, 2.24) is 10.6 Å². The highest BCUT2D eigenvalue weighted by molar-refractivity contribution is 6.33. The van der Waals surface area contributed by atoms with Crippen LogP contribution in [0.3, 0.4) is 0 Å². The summed E-state index contributed by atoms with van der Waals surface area (Å²) < 4.78 is 10.9. The summed E-state index contributed by atoms with van der Waals surface area (Å²) in [5.41, 5.74) is 0.511. The van der Waals surface area contributed by atoms with Crippen LogP contribution in [0.4, 0.5) is 4.79 Å². The van der Waals surface area contributed by atoms with Gasteiger partial charge >= 0.3 is 12.0 Å². The van der Waals surface area contributed by atoms with Crippen LogP contribution >= 0.6 is 11.6 Å². The van der Waals surface area contributed by atoms with Crippen molar-refractivity contribution in [2.75, 3.05) is 6.61 Å². The lowest BCUT2D eigenvalue weighted by atomic mass is 10.1. The summed E-state index contributed by atoms with van der Waals surface area (Å²) in [6.45, 7) is 18.3. The molecule has 1 saturated heterocycles. The molecule has 1 aromatic carbocycles. The van der Waals surface area contributed by atoms with E-state index in [0.29, 0.717) is 17.9 Å². The van der Waals surface area contributed by atoms with Gasteiger partial charge in [-0.05, 0) is 42.8 Å². The Morgan fingerprint density at radius 2 is 1.49 bits per heavy atom. The first-order valence-corrected chi connectivity index (χ1v) is 13.2. The van der Waals surface area contributed by atoms with E-state index in [2.05, 4.69) is 0 Å². The molecule has 1 fully saturated rings. The number of rotatable bonds is 6. The molecule has 1 aliphatic rings. The van der Waals surface area contributed by atoms with Gasteiger partial charge in [0.1, 0.15) is 17.1 Å². The van der Waals surface area contributed by atoms with E-state index in [1.54, 1.807) is 30.3 Å². The van der Waals surface area contributed by atoms with Gasteiger partial charge in [-0.25, -0.2) is 9.59 Å². The van der Waals surface area contributed by atoms with Crippen molar-refractivity contribution in [3.63, 3.8) is 0 Å². The Bertz CT molecular complexity index is 1010. The van der Waals surface area contributed by atoms with E-state index in [1.165, 1.54) is 6.08 Å². The molecule has 0 bridgehead atoms. The first kappa shape index (κ1) is 35.8. The van der Waals surface area contributed by atoms with E-state index in [0.717, 1.165) is 12.8 Å². The minimum atomic E-state index is -0.878. The number of amides is 4. The van der Waals surface area contributed by atoms with Gasteiger partial charge in [-0.2, -0.15) is 0 Å². The first-order valence-electron chi connectivity index (χ1n) is 12.8. The van der Waals surface area contributed by atoms with Crippen molar-refractivity contribution in [3.8, 4) is 11.3 Å². The molecule has 0 atom stereocenters. The molecule has 0 radical (unpaired) electrons. The summed E-state index contributed by atoms with van der Waals surface area (Å²) in [5.74, 6) is -1.56. The Labute approximate surface area is 225 Å². The second kappa shape index (κ2) is 20.8. The van der Waals surface area contributed by atoms with Crippen LogP contribution < -0.4 is 10.6 Å². The molecular weight excluding hydrogens is 496 g/mol. The average Bonchev–Trinajstić information content (AvgIpc) is 3.40. The van der Waals surface area contributed by atoms with Crippen LogP contribution in [-0.4, -0.2) is 30.4 Å². The highest BCUT2D eigenvalue weighted by atomic mass is 35.5. The van der Waals surface area contributed by atoms with Crippen LogP contribution in [0.2, 0.25) is 5.02 Å². The molecule has 206 valence electrons. The second-order valence-corrected chi connectivity index (χ2v) is 6.59. The molecule has 2 heterocycles. The fourth-order valence-electron chi connectivity index (χ4n) is 2.56. The van der Waals surface area contributed by atoms with Crippen molar-refractivity contribution < 1.29 is 28.3 Å². The van der Waals surface area contributed by atoms with Crippen molar-refractivity contribution in [1.29, 1.82) is 0 Å². The number of ether oxygens (including phenoxy) is 1. The number of barbiturate groups is 1. The number of halogens is 1. The maximum Gasteiger partial charge on any atom is 0.339 e. The lowest BCUT2D eigenvalue weighted by Crippen LogP contribution is -2.51. The molecular formula is C28H41ClN2O6. The van der Waals surface area contributed by atoms with Gasteiger partial charge in [0.25, 0.3) is 11.8 Å². The monoisotopic (exact) mass is 536 g/mol. The number of furan rings is 1. The van der Waals surface area contributed by atoms with Gasteiger partial charge in [0.2, 0.25) is 0 Å². The Kier molecular flexibility index (Phi) is 20.1. The maximum absolute atomic E-state index is 12.2. The van der Waals surface area contributed by atoms with Gasteiger partial charge in [-0.15, -0.1) is 0 Å². The standard InChI is InChI=1S/C20H17ClN2O6.4C2H6/c1-2-3-8-28-19(26)13-9-11(4-6-15(13)21)16-7-5-12(29-16)10-14-17(24)22-20(27)23-18(14)25;4*1-2/h4-7,9-10H,2-3,8H2,1H3,(H2,22,23,24,25,27);4*1-2H3. The zero-order valence-electron chi connectivity index (χ0n) is 23.4. The largest absolute Gasteiger partial charge is 0.462 e. The Balaban J connectivity index is 0. The van der Waals surface area contributed by atoms with Crippen LogP contribution in [-0.2, 0) is 14.3 Å². The molecule has 37 heavy (non-hydrogen) atoms. The van der Waals surface area contributed by atoms with Gasteiger partial charge < -0.3 is 9.15 Å². The number of nitrogens with one attached hydrogen (secondary N) is 2. The normalized spacial score (nSPS) is 11.4. The number of esters is 1. The molecule has 4 amide bonds. The van der Waals surface area contributed by atoms with Gasteiger partial charge in [-0.1, -0.05) is 80.3 Å². The Hall–Kier alpha value is -3.39. The smallest absolute Gasteiger partial charge is 0.339 e. The highest BCUT2D eigenvalue weighted by Gasteiger charge is 2.28. The molecule has 8 nitrogen and oxygen atoms in total. The molecule has 9 heteroatoms. The number of benzene rings is 1. The first-order chi connectivity index (χ1) is 17.9. The molecule has 2 aromatic rings. The molecule has 0 aliphatic carbocycles. The van der Waals surface area contributed by atoms with Crippen LogP contribution in [0.25, 0.3) is 17.4 Å². The Morgan fingerprint density at radius 1 is 0.919 bits per heavy atom. The molecule has 0 spiro atoms. The zero-order chi connectivity index (χ0) is 29.0. The maximum atomic E-state index is 12.2. The second-order valence-electron chi connectivity index (χ2n) is 6.18. The lowest BCUT2D eigenvalue weighted by Gasteiger charge is -2.13. The van der Waals surface area contributed by atoms with Crippen LogP contribution in [0, 0.1) is 0 Å². The number of urea groups is 1. The lowest BCUT2D eigenvalue weighted by molar-refractivity contribution is -0.123. The van der Waals surface area contributed by atoms with Crippen LogP contribution in [0.5, 0.6) is 0 Å². The summed E-state index contributed by atoms with van der Waals surface area (Å²) >= 11 is 6.11. The summed E-state index contributed by atoms with van der Waals surface area (Å²) in [7, 11) is 0. The number of hydrogen-bond acceptors (Lipinski definition) is 6. The molecule has 2 N–H and O–H groups in total. The number of imide groups is 2. The predicted molar refractivity (Wildman–Crippen MR) is 149 cm³/mol. The minimum absolute atomic E-state index is 0.209. The highest BCUT2D eigenvalue weighted by Crippen LogP contribution is 2.28. The van der Waals surface area contributed by atoms with E-state index < -0.39 is 23.8 Å². The number of carbonyl (C=O) groups is 4. The third-order valence-corrected chi connectivity index (χ3v) is 4.39. The predicted octanol–water partition coefficient (Wildman–Crippen LogP) is 7.41. The van der Waals surface area contributed by atoms with Crippen molar-refractivity contribution in [2.45, 2.75) is 75.2 Å². The quantitative estimate of drug-likeness (QED) is 0.172. The fraction of sp³-hybridized carbons (Fsp3) is 0.429. The molecule has 0 unspecified atom stereocenters. The molecule has 1 aliphatic heterocycles. The van der Waals surface area contributed by atoms with Crippen LogP contribution in [0.1, 0.15) is 91.3 Å². The van der Waals surface area contributed by atoms with Gasteiger partial charge in [0.15, 0.2) is 0 Å². The molecule has 1 aromatic heterocycles. The summed E-state index contributed by atoms with van der Waals surface area (Å²) in [6.07, 6.45) is 2.87. The van der Waals surface area contributed by atoms with Gasteiger partial charge in [0, 0.05) is 5.56 Å². The average molecular weight is 537 g/mol. The van der Waals surface area contributed by atoms with Crippen molar-refractivity contribution in [3.05, 3.63) is 52.3 Å². The van der Waals surface area contributed by atoms with Crippen molar-refractivity contribution in [2.24, 2.45) is 0 Å². The SMILES string of the molecule is CC.CC.CC.CC.CCCCOC(=O)c1cc(-c2ccc(C=C3C(=O)NC(=O)NC3=O)o2)ccc1Cl. The van der Waals surface area contributed by atoms with E-state index in [1.807, 2.05) is 72.9 Å². The third-order valence-electron chi connectivity index (χ3n) is 4.06. The topological polar surface area (TPSA) is 115 Å². The van der Waals surface area contributed by atoms with E-state index in [9.17, 15) is 19.2 Å². The molecule has 0 saturated carbocycles. The number of unbranched alkanes of at least 4 members (excludes halogenated alkanes) is 1. The molecule has 3 rings (SSSR count). The van der Waals surface area contributed by atoms with Crippen LogP contribution in [0.15, 0.2) is 40.3 Å². The summed E-state index contributed by atoms with van der Waals surface area (Å²) in [5, 5.41) is 4.21. The zero-order valence-corrected chi connectivity index (χ0v) is 24.2. The Morgan fingerprint density at radius 3 is 2.03 bits per heavy atom. The van der Waals surface area contributed by atoms with Gasteiger partial charge in [-0.3, -0.25) is 20.2 Å². The summed E-state index contributed by atoms with van der Waals surface area (Å²) in [4.78, 5) is 46.9. The number of carbonyl (C=O) groups excluding carboxylic acids is 4. The fourth-order valence-corrected chi connectivity index (χ4v) is 2.75. The van der Waals surface area contributed by atoms with Crippen molar-refractivity contribution >= 4 is 41.5 Å². The third kappa shape index (κ3) is 11.5. The minimum Gasteiger partial charge on any atom is -0.462 e. The summed E-state index contributed by atoms with van der Waals surface area (Å²) in [6, 6.07) is 7.06. The van der Waals surface area contributed by atoms with E-state index in [-0.39, 0.29) is 21.9 Å². The van der Waals surface area contributed by atoms with E-state index >= 15 is 0 Å². The number of hydrogen-bond donors (Lipinski definition) is 2. The van der Waals surface area contributed by atoms with E-state index in [4.69, 9.17) is 20.8 Å². The van der Waals surface area contributed by atoms with Gasteiger partial charge in [0.05, 0.1) is 17.2 Å².